The van der Waals surface area contributed by atoms with E-state index in [2.05, 4.69) is 0 Å². The molecule has 17 heavy (non-hydrogen) atoms. The quantitative estimate of drug-likeness (QED) is 0.790. The summed E-state index contributed by atoms with van der Waals surface area (Å²) in [7, 11) is 0. The van der Waals surface area contributed by atoms with Crippen molar-refractivity contribution in [3.05, 3.63) is 35.9 Å². The summed E-state index contributed by atoms with van der Waals surface area (Å²) < 4.78 is 0. The predicted octanol–water partition coefficient (Wildman–Crippen LogP) is 0.670. The topological polar surface area (TPSA) is 66.6 Å². The van der Waals surface area contributed by atoms with Gasteiger partial charge in [-0.15, -0.1) is 0 Å². The molecule has 3 N–H and O–H groups in total. The standard InChI is InChI=1S/C13H18N2O2/c14-12(10-5-2-1-3-6-10)13(17)15-8-4-7-11(16)9-15/h1-3,5-6,11-12,16H,4,7-9,14H2/t11-,12+/m0/s1. The van der Waals surface area contributed by atoms with E-state index in [1.54, 1.807) is 4.90 Å². The number of β-amino-alcohol motifs (C(OH)–C–C–N with tert-alkyl or cyclic N) is 1. The van der Waals surface area contributed by atoms with Gasteiger partial charge in [-0.1, -0.05) is 30.3 Å². The zero-order valence-corrected chi connectivity index (χ0v) is 9.75. The maximum Gasteiger partial charge on any atom is 0.244 e. The van der Waals surface area contributed by atoms with Crippen molar-refractivity contribution in [1.82, 2.24) is 4.90 Å². The number of amides is 1. The third kappa shape index (κ3) is 2.84. The summed E-state index contributed by atoms with van der Waals surface area (Å²) in [6.45, 7) is 1.09. The van der Waals surface area contributed by atoms with Crippen molar-refractivity contribution in [3.63, 3.8) is 0 Å². The summed E-state index contributed by atoms with van der Waals surface area (Å²) in [5, 5.41) is 9.55. The van der Waals surface area contributed by atoms with Gasteiger partial charge in [0, 0.05) is 13.1 Å². The molecule has 4 heteroatoms. The Bertz CT molecular complexity index is 380. The first-order chi connectivity index (χ1) is 8.18. The van der Waals surface area contributed by atoms with Crippen LogP contribution in [-0.2, 0) is 4.79 Å². The molecule has 1 amide bonds. The van der Waals surface area contributed by atoms with E-state index in [1.807, 2.05) is 30.3 Å². The van der Waals surface area contributed by atoms with E-state index in [0.717, 1.165) is 18.4 Å². The van der Waals surface area contributed by atoms with Gasteiger partial charge in [0.25, 0.3) is 0 Å². The molecule has 1 aliphatic rings. The molecule has 0 bridgehead atoms. The molecule has 0 unspecified atom stereocenters. The smallest absolute Gasteiger partial charge is 0.244 e. The highest BCUT2D eigenvalue weighted by Crippen LogP contribution is 2.17. The maximum absolute atomic E-state index is 12.1. The second kappa shape index (κ2) is 5.29. The van der Waals surface area contributed by atoms with E-state index in [1.165, 1.54) is 0 Å². The zero-order valence-electron chi connectivity index (χ0n) is 9.75. The van der Waals surface area contributed by atoms with Crippen molar-refractivity contribution in [1.29, 1.82) is 0 Å². The Balaban J connectivity index is 2.04. The van der Waals surface area contributed by atoms with Crippen LogP contribution in [-0.4, -0.2) is 35.1 Å². The van der Waals surface area contributed by atoms with Crippen LogP contribution in [0.1, 0.15) is 24.4 Å². The SMILES string of the molecule is N[C@@H](C(=O)N1CCC[C@H](O)C1)c1ccccc1. The van der Waals surface area contributed by atoms with Crippen molar-refractivity contribution < 1.29 is 9.90 Å². The van der Waals surface area contributed by atoms with Gasteiger partial charge in [-0.25, -0.2) is 0 Å². The fraction of sp³-hybridized carbons (Fsp3) is 0.462. The first-order valence-corrected chi connectivity index (χ1v) is 5.96. The van der Waals surface area contributed by atoms with Crippen LogP contribution in [0, 0.1) is 0 Å². The number of carbonyl (C=O) groups excluding carboxylic acids is 1. The lowest BCUT2D eigenvalue weighted by molar-refractivity contribution is -0.135. The number of likely N-dealkylation sites (tertiary alicyclic amines) is 1. The number of hydrogen-bond acceptors (Lipinski definition) is 3. The maximum atomic E-state index is 12.1. The van der Waals surface area contributed by atoms with Gasteiger partial charge in [0.1, 0.15) is 6.04 Å². The molecule has 1 aromatic rings. The average molecular weight is 234 g/mol. The normalized spacial score (nSPS) is 22.2. The van der Waals surface area contributed by atoms with Gasteiger partial charge in [0.15, 0.2) is 0 Å². The molecule has 1 aliphatic heterocycles. The van der Waals surface area contributed by atoms with E-state index in [-0.39, 0.29) is 5.91 Å². The number of hydrogen-bond donors (Lipinski definition) is 2. The molecule has 92 valence electrons. The number of nitrogens with zero attached hydrogens (tertiary/aromatic N) is 1. The Kier molecular flexibility index (Phi) is 3.76. The van der Waals surface area contributed by atoms with Crippen molar-refractivity contribution in [3.8, 4) is 0 Å². The molecule has 0 radical (unpaired) electrons. The highest BCUT2D eigenvalue weighted by atomic mass is 16.3. The minimum absolute atomic E-state index is 0.102. The monoisotopic (exact) mass is 234 g/mol. The Morgan fingerprint density at radius 1 is 1.41 bits per heavy atom. The lowest BCUT2D eigenvalue weighted by atomic mass is 10.0. The van der Waals surface area contributed by atoms with Crippen LogP contribution < -0.4 is 5.73 Å². The van der Waals surface area contributed by atoms with Crippen molar-refractivity contribution in [2.24, 2.45) is 5.73 Å². The minimum Gasteiger partial charge on any atom is -0.391 e. The number of benzene rings is 1. The van der Waals surface area contributed by atoms with Crippen LogP contribution in [0.15, 0.2) is 30.3 Å². The second-order valence-electron chi connectivity index (χ2n) is 4.47. The van der Waals surface area contributed by atoms with Gasteiger partial charge in [-0.3, -0.25) is 4.79 Å². The number of piperidine rings is 1. The van der Waals surface area contributed by atoms with Crippen molar-refractivity contribution in [2.75, 3.05) is 13.1 Å². The van der Waals surface area contributed by atoms with Gasteiger partial charge in [-0.2, -0.15) is 0 Å². The number of nitrogens with two attached hydrogens (primary N) is 1. The summed E-state index contributed by atoms with van der Waals surface area (Å²) in [5.74, 6) is -0.102. The molecular weight excluding hydrogens is 216 g/mol. The Labute approximate surface area is 101 Å². The Hall–Kier alpha value is -1.39. The molecule has 1 saturated heterocycles. The number of rotatable bonds is 2. The molecule has 0 spiro atoms. The van der Waals surface area contributed by atoms with Crippen LogP contribution >= 0.6 is 0 Å². The summed E-state index contributed by atoms with van der Waals surface area (Å²) in [6.07, 6.45) is 1.20. The van der Waals surface area contributed by atoms with E-state index in [4.69, 9.17) is 5.73 Å². The van der Waals surface area contributed by atoms with E-state index < -0.39 is 12.1 Å². The van der Waals surface area contributed by atoms with Crippen LogP contribution in [0.25, 0.3) is 0 Å². The van der Waals surface area contributed by atoms with Crippen LogP contribution in [0.2, 0.25) is 0 Å². The summed E-state index contributed by atoms with van der Waals surface area (Å²) in [4.78, 5) is 13.8. The predicted molar refractivity (Wildman–Crippen MR) is 65.2 cm³/mol. The molecule has 4 nitrogen and oxygen atoms in total. The van der Waals surface area contributed by atoms with E-state index in [9.17, 15) is 9.90 Å². The van der Waals surface area contributed by atoms with Gasteiger partial charge in [0.05, 0.1) is 6.10 Å². The van der Waals surface area contributed by atoms with Crippen LogP contribution in [0.4, 0.5) is 0 Å². The summed E-state index contributed by atoms with van der Waals surface area (Å²) >= 11 is 0. The Morgan fingerprint density at radius 2 is 2.12 bits per heavy atom. The highest BCUT2D eigenvalue weighted by molar-refractivity contribution is 5.83. The molecule has 1 fully saturated rings. The van der Waals surface area contributed by atoms with Crippen molar-refractivity contribution >= 4 is 5.91 Å². The zero-order chi connectivity index (χ0) is 12.3. The summed E-state index contributed by atoms with van der Waals surface area (Å²) in [6, 6.07) is 8.71. The second-order valence-corrected chi connectivity index (χ2v) is 4.47. The van der Waals surface area contributed by atoms with Gasteiger partial charge in [0.2, 0.25) is 5.91 Å². The van der Waals surface area contributed by atoms with Gasteiger partial charge < -0.3 is 15.7 Å². The molecular formula is C13H18N2O2. The number of aliphatic hydroxyl groups is 1. The minimum atomic E-state index is -0.624. The number of aliphatic hydroxyl groups excluding tert-OH is 1. The molecule has 0 aromatic heterocycles. The van der Waals surface area contributed by atoms with Gasteiger partial charge >= 0.3 is 0 Å². The fourth-order valence-electron chi connectivity index (χ4n) is 2.15. The molecule has 2 atom stereocenters. The first-order valence-electron chi connectivity index (χ1n) is 5.96. The van der Waals surface area contributed by atoms with E-state index >= 15 is 0 Å². The average Bonchev–Trinajstić information content (AvgIpc) is 2.38. The lowest BCUT2D eigenvalue weighted by Gasteiger charge is -2.32. The lowest BCUT2D eigenvalue weighted by Crippen LogP contribution is -2.46. The van der Waals surface area contributed by atoms with Gasteiger partial charge in [-0.05, 0) is 18.4 Å². The number of carbonyl (C=O) groups is 1. The molecule has 1 aromatic carbocycles. The highest BCUT2D eigenvalue weighted by Gasteiger charge is 2.26. The third-order valence-corrected chi connectivity index (χ3v) is 3.13. The van der Waals surface area contributed by atoms with E-state index in [0.29, 0.717) is 13.1 Å². The summed E-state index contributed by atoms with van der Waals surface area (Å²) in [5.41, 5.74) is 6.76. The fourth-order valence-corrected chi connectivity index (χ4v) is 2.15. The molecule has 1 heterocycles. The van der Waals surface area contributed by atoms with Crippen LogP contribution in [0.3, 0.4) is 0 Å². The Morgan fingerprint density at radius 3 is 2.76 bits per heavy atom. The third-order valence-electron chi connectivity index (χ3n) is 3.13. The molecule has 2 rings (SSSR count). The molecule has 0 aliphatic carbocycles. The molecule has 0 saturated carbocycles. The van der Waals surface area contributed by atoms with Crippen LogP contribution in [0.5, 0.6) is 0 Å². The first kappa shape index (κ1) is 12.1. The largest absolute Gasteiger partial charge is 0.391 e. The van der Waals surface area contributed by atoms with Crippen molar-refractivity contribution in [2.45, 2.75) is 25.0 Å².